The Hall–Kier alpha value is -7.94. The first kappa shape index (κ1) is 35.2. The Morgan fingerprint density at radius 2 is 0.750 bits per heavy atom. The molecule has 2 nitrogen and oxygen atoms in total. The Bertz CT molecular complexity index is 3260. The minimum Gasteiger partial charge on any atom is -0.310 e. The van der Waals surface area contributed by atoms with Crippen molar-refractivity contribution in [1.82, 2.24) is 4.57 Å². The first-order valence-electron chi connectivity index (χ1n) is 20.6. The molecule has 1 heterocycles. The van der Waals surface area contributed by atoms with E-state index in [0.717, 1.165) is 22.7 Å². The monoisotopic (exact) mass is 764 g/mol. The van der Waals surface area contributed by atoms with Gasteiger partial charge in [-0.05, 0) is 111 Å². The molecule has 10 aromatic carbocycles. The van der Waals surface area contributed by atoms with Gasteiger partial charge in [0.15, 0.2) is 0 Å². The van der Waals surface area contributed by atoms with Gasteiger partial charge in [-0.3, -0.25) is 0 Å². The predicted octanol–water partition coefficient (Wildman–Crippen LogP) is 16.1. The van der Waals surface area contributed by atoms with Crippen LogP contribution in [0.4, 0.5) is 17.1 Å². The molecule has 0 aliphatic carbocycles. The number of fused-ring (bicyclic) bond motifs is 5. The standard InChI is InChI=1S/C58H40N2/c1-4-15-41(16-5-1)43-27-29-44(30-28-43)46-33-37-51(38-34-46)59(50-35-31-45(32-36-50)42-17-6-2-7-18-42)52-23-14-20-47(39-52)55-40-48-19-10-11-24-53(48)58-57(55)54-25-12-13-26-56(54)60(58)49-21-8-3-9-22-49/h1-40H. The molecule has 11 rings (SSSR count). The van der Waals surface area contributed by atoms with E-state index in [2.05, 4.69) is 252 Å². The zero-order chi connectivity index (χ0) is 39.8. The second-order valence-corrected chi connectivity index (χ2v) is 15.3. The van der Waals surface area contributed by atoms with E-state index in [0.29, 0.717) is 0 Å². The molecule has 0 radical (unpaired) electrons. The Balaban J connectivity index is 1.06. The minimum atomic E-state index is 1.09. The summed E-state index contributed by atoms with van der Waals surface area (Å²) in [6.07, 6.45) is 0. The molecule has 11 aromatic rings. The van der Waals surface area contributed by atoms with Crippen LogP contribution >= 0.6 is 0 Å². The highest BCUT2D eigenvalue weighted by Gasteiger charge is 2.21. The van der Waals surface area contributed by atoms with Crippen molar-refractivity contribution in [3.8, 4) is 50.2 Å². The van der Waals surface area contributed by atoms with E-state index < -0.39 is 0 Å². The molecule has 0 fully saturated rings. The topological polar surface area (TPSA) is 8.17 Å². The Kier molecular flexibility index (Phi) is 8.87. The van der Waals surface area contributed by atoms with Crippen molar-refractivity contribution in [2.45, 2.75) is 0 Å². The number of anilines is 3. The summed E-state index contributed by atoms with van der Waals surface area (Å²) in [6, 6.07) is 87.8. The molecule has 0 spiro atoms. The van der Waals surface area contributed by atoms with Crippen LogP contribution in [0, 0.1) is 0 Å². The molecule has 60 heavy (non-hydrogen) atoms. The number of para-hydroxylation sites is 2. The summed E-state index contributed by atoms with van der Waals surface area (Å²) in [5, 5.41) is 4.95. The molecule has 0 bridgehead atoms. The zero-order valence-electron chi connectivity index (χ0n) is 33.0. The van der Waals surface area contributed by atoms with Gasteiger partial charge in [0.1, 0.15) is 0 Å². The molecule has 2 heteroatoms. The summed E-state index contributed by atoms with van der Waals surface area (Å²) in [7, 11) is 0. The first-order valence-corrected chi connectivity index (χ1v) is 20.6. The lowest BCUT2D eigenvalue weighted by atomic mass is 9.94. The van der Waals surface area contributed by atoms with Crippen molar-refractivity contribution < 1.29 is 0 Å². The van der Waals surface area contributed by atoms with Gasteiger partial charge in [-0.25, -0.2) is 0 Å². The predicted molar refractivity (Wildman–Crippen MR) is 255 cm³/mol. The molecule has 0 saturated carbocycles. The van der Waals surface area contributed by atoms with Gasteiger partial charge >= 0.3 is 0 Å². The van der Waals surface area contributed by atoms with Crippen LogP contribution in [0.1, 0.15) is 0 Å². The van der Waals surface area contributed by atoms with Crippen LogP contribution in [0.15, 0.2) is 243 Å². The molecule has 0 saturated heterocycles. The lowest BCUT2D eigenvalue weighted by Crippen LogP contribution is -2.10. The second kappa shape index (κ2) is 15.1. The molecular weight excluding hydrogens is 725 g/mol. The van der Waals surface area contributed by atoms with E-state index in [9.17, 15) is 0 Å². The summed E-state index contributed by atoms with van der Waals surface area (Å²) in [5.41, 5.74) is 16.4. The van der Waals surface area contributed by atoms with Crippen LogP contribution in [-0.4, -0.2) is 4.57 Å². The van der Waals surface area contributed by atoms with Crippen LogP contribution in [0.5, 0.6) is 0 Å². The fourth-order valence-electron chi connectivity index (χ4n) is 8.89. The average Bonchev–Trinajstić information content (AvgIpc) is 3.69. The van der Waals surface area contributed by atoms with E-state index in [-0.39, 0.29) is 0 Å². The lowest BCUT2D eigenvalue weighted by molar-refractivity contribution is 1.19. The molecule has 1 aromatic heterocycles. The maximum absolute atomic E-state index is 2.44. The highest BCUT2D eigenvalue weighted by molar-refractivity contribution is 6.24. The molecule has 282 valence electrons. The number of nitrogens with zero attached hydrogens (tertiary/aromatic N) is 2. The van der Waals surface area contributed by atoms with Gasteiger partial charge in [-0.15, -0.1) is 0 Å². The molecule has 0 atom stereocenters. The number of benzene rings is 10. The fraction of sp³-hybridized carbons (Fsp3) is 0. The number of aromatic nitrogens is 1. The van der Waals surface area contributed by atoms with Gasteiger partial charge in [0.2, 0.25) is 0 Å². The van der Waals surface area contributed by atoms with E-state index >= 15 is 0 Å². The van der Waals surface area contributed by atoms with Crippen LogP contribution in [0.25, 0.3) is 82.8 Å². The molecule has 0 aliphatic heterocycles. The normalized spacial score (nSPS) is 11.3. The van der Waals surface area contributed by atoms with Crippen molar-refractivity contribution in [2.24, 2.45) is 0 Å². The van der Waals surface area contributed by atoms with Crippen molar-refractivity contribution in [2.75, 3.05) is 4.90 Å². The highest BCUT2D eigenvalue weighted by Crippen LogP contribution is 2.45. The van der Waals surface area contributed by atoms with E-state index in [1.54, 1.807) is 0 Å². The molecule has 0 N–H and O–H groups in total. The summed E-state index contributed by atoms with van der Waals surface area (Å²) in [6.45, 7) is 0. The SMILES string of the molecule is c1ccc(-c2ccc(-c3ccc(N(c4ccc(-c5ccccc5)cc4)c4cccc(-c5cc6ccccc6c6c5c5ccccc5n6-c5ccccc5)c4)cc3)cc2)cc1. The second-order valence-electron chi connectivity index (χ2n) is 15.3. The van der Waals surface area contributed by atoms with Gasteiger partial charge in [-0.2, -0.15) is 0 Å². The molecule has 0 unspecified atom stereocenters. The maximum atomic E-state index is 2.44. The summed E-state index contributed by atoms with van der Waals surface area (Å²) >= 11 is 0. The van der Waals surface area contributed by atoms with E-state index in [1.807, 2.05) is 0 Å². The number of hydrogen-bond donors (Lipinski definition) is 0. The number of hydrogen-bond acceptors (Lipinski definition) is 1. The van der Waals surface area contributed by atoms with E-state index in [1.165, 1.54) is 77.1 Å². The lowest BCUT2D eigenvalue weighted by Gasteiger charge is -2.26. The largest absolute Gasteiger partial charge is 0.310 e. The first-order chi connectivity index (χ1) is 29.8. The van der Waals surface area contributed by atoms with Gasteiger partial charge < -0.3 is 9.47 Å². The molecule has 0 amide bonds. The van der Waals surface area contributed by atoms with Crippen LogP contribution in [0.2, 0.25) is 0 Å². The molecule has 0 aliphatic rings. The van der Waals surface area contributed by atoms with Crippen LogP contribution < -0.4 is 4.90 Å². The summed E-state index contributed by atoms with van der Waals surface area (Å²) in [5.74, 6) is 0. The van der Waals surface area contributed by atoms with Gasteiger partial charge in [0.25, 0.3) is 0 Å². The maximum Gasteiger partial charge on any atom is 0.0625 e. The highest BCUT2D eigenvalue weighted by atomic mass is 15.1. The molecular formula is C58H40N2. The van der Waals surface area contributed by atoms with Crippen molar-refractivity contribution in [3.63, 3.8) is 0 Å². The van der Waals surface area contributed by atoms with Gasteiger partial charge in [0.05, 0.1) is 11.0 Å². The third-order valence-corrected chi connectivity index (χ3v) is 11.8. The van der Waals surface area contributed by atoms with Crippen LogP contribution in [-0.2, 0) is 0 Å². The third kappa shape index (κ3) is 6.32. The van der Waals surface area contributed by atoms with Gasteiger partial charge in [-0.1, -0.05) is 182 Å². The van der Waals surface area contributed by atoms with Crippen molar-refractivity contribution in [1.29, 1.82) is 0 Å². The third-order valence-electron chi connectivity index (χ3n) is 11.8. The quantitative estimate of drug-likeness (QED) is 0.150. The number of rotatable bonds is 8. The smallest absolute Gasteiger partial charge is 0.0625 e. The fourth-order valence-corrected chi connectivity index (χ4v) is 8.89. The van der Waals surface area contributed by atoms with Crippen LogP contribution in [0.3, 0.4) is 0 Å². The Labute approximate surface area is 350 Å². The zero-order valence-corrected chi connectivity index (χ0v) is 33.0. The van der Waals surface area contributed by atoms with Crippen molar-refractivity contribution >= 4 is 49.6 Å². The van der Waals surface area contributed by atoms with Gasteiger partial charge in [0, 0.05) is 38.9 Å². The minimum absolute atomic E-state index is 1.09. The van der Waals surface area contributed by atoms with Crippen molar-refractivity contribution in [3.05, 3.63) is 243 Å². The Morgan fingerprint density at radius 1 is 0.300 bits per heavy atom. The Morgan fingerprint density at radius 3 is 1.33 bits per heavy atom. The average molecular weight is 765 g/mol. The summed E-state index contributed by atoms with van der Waals surface area (Å²) in [4.78, 5) is 2.38. The summed E-state index contributed by atoms with van der Waals surface area (Å²) < 4.78 is 2.44. The van der Waals surface area contributed by atoms with E-state index in [4.69, 9.17) is 0 Å².